The van der Waals surface area contributed by atoms with Gasteiger partial charge in [-0.15, -0.1) is 5.10 Å². The molecule has 74 valence electrons. The zero-order valence-corrected chi connectivity index (χ0v) is 8.85. The Balaban J connectivity index is 2.05. The van der Waals surface area contributed by atoms with E-state index in [1.54, 1.807) is 0 Å². The minimum Gasteiger partial charge on any atom is -0.376 e. The summed E-state index contributed by atoms with van der Waals surface area (Å²) in [6.07, 6.45) is 0. The fraction of sp³-hybridized carbons (Fsp3) is 0.375. The molecule has 2 aromatic heterocycles. The first kappa shape index (κ1) is 9.14. The zero-order chi connectivity index (χ0) is 9.97. The summed E-state index contributed by atoms with van der Waals surface area (Å²) in [6, 6.07) is 0. The quantitative estimate of drug-likeness (QED) is 0.803. The average Bonchev–Trinajstić information content (AvgIpc) is 2.76. The summed E-state index contributed by atoms with van der Waals surface area (Å²) in [5.74, 6) is 0. The highest BCUT2D eigenvalue weighted by atomic mass is 32.1. The molecule has 0 aliphatic rings. The molecular formula is C8H11N5S. The Bertz CT molecular complexity index is 386. The fourth-order valence-corrected chi connectivity index (χ4v) is 1.70. The van der Waals surface area contributed by atoms with Crippen LogP contribution in [0.1, 0.15) is 17.1 Å². The van der Waals surface area contributed by atoms with Crippen LogP contribution in [0.5, 0.6) is 0 Å². The maximum Gasteiger partial charge on any atom is 0.0946 e. The van der Waals surface area contributed by atoms with Gasteiger partial charge in [0, 0.05) is 5.38 Å². The average molecular weight is 209 g/mol. The second-order valence-electron chi connectivity index (χ2n) is 3.06. The molecule has 0 spiro atoms. The van der Waals surface area contributed by atoms with Crippen LogP contribution in [0.4, 0.5) is 5.69 Å². The lowest BCUT2D eigenvalue weighted by atomic mass is 10.3. The predicted molar refractivity (Wildman–Crippen MR) is 55.3 cm³/mol. The third kappa shape index (κ3) is 1.74. The van der Waals surface area contributed by atoms with Gasteiger partial charge in [0.2, 0.25) is 0 Å². The van der Waals surface area contributed by atoms with Gasteiger partial charge >= 0.3 is 0 Å². The van der Waals surface area contributed by atoms with E-state index in [-0.39, 0.29) is 0 Å². The van der Waals surface area contributed by atoms with E-state index in [9.17, 15) is 0 Å². The van der Waals surface area contributed by atoms with Crippen molar-refractivity contribution in [2.75, 3.05) is 5.32 Å². The number of rotatable bonds is 3. The van der Waals surface area contributed by atoms with Gasteiger partial charge < -0.3 is 5.32 Å². The maximum absolute atomic E-state index is 4.10. The molecule has 0 aromatic carbocycles. The minimum atomic E-state index is 0.692. The Morgan fingerprint density at radius 1 is 1.50 bits per heavy atom. The first-order chi connectivity index (χ1) is 6.77. The number of aromatic nitrogens is 4. The van der Waals surface area contributed by atoms with E-state index in [1.165, 1.54) is 11.5 Å². The van der Waals surface area contributed by atoms with Crippen molar-refractivity contribution in [1.29, 1.82) is 0 Å². The summed E-state index contributed by atoms with van der Waals surface area (Å²) in [6.45, 7) is 4.64. The van der Waals surface area contributed by atoms with Crippen LogP contribution in [0.2, 0.25) is 0 Å². The van der Waals surface area contributed by atoms with Crippen LogP contribution in [0.3, 0.4) is 0 Å². The van der Waals surface area contributed by atoms with Crippen LogP contribution in [0.25, 0.3) is 0 Å². The number of hydrogen-bond donors (Lipinski definition) is 2. The third-order valence-electron chi connectivity index (χ3n) is 1.98. The Kier molecular flexibility index (Phi) is 2.45. The van der Waals surface area contributed by atoms with Gasteiger partial charge in [-0.25, -0.2) is 0 Å². The first-order valence-electron chi connectivity index (χ1n) is 4.28. The molecule has 2 rings (SSSR count). The van der Waals surface area contributed by atoms with Crippen molar-refractivity contribution in [3.05, 3.63) is 22.5 Å². The maximum atomic E-state index is 4.10. The van der Waals surface area contributed by atoms with Gasteiger partial charge in [0.15, 0.2) is 0 Å². The molecular weight excluding hydrogens is 198 g/mol. The van der Waals surface area contributed by atoms with Crippen LogP contribution in [-0.4, -0.2) is 19.8 Å². The Hall–Kier alpha value is -1.43. The highest BCUT2D eigenvalue weighted by Crippen LogP contribution is 2.16. The van der Waals surface area contributed by atoms with Crippen LogP contribution in [-0.2, 0) is 6.54 Å². The number of hydrogen-bond acceptors (Lipinski definition) is 5. The van der Waals surface area contributed by atoms with Gasteiger partial charge in [-0.05, 0) is 25.4 Å². The second kappa shape index (κ2) is 3.75. The van der Waals surface area contributed by atoms with E-state index in [1.807, 2.05) is 19.2 Å². The molecule has 6 heteroatoms. The Labute approximate surface area is 85.7 Å². The topological polar surface area (TPSA) is 66.5 Å². The molecule has 0 amide bonds. The summed E-state index contributed by atoms with van der Waals surface area (Å²) < 4.78 is 3.80. The monoisotopic (exact) mass is 209 g/mol. The SMILES string of the molecule is Cc1n[nH]c(C)c1NCc1csnn1. The number of anilines is 1. The normalized spacial score (nSPS) is 10.4. The van der Waals surface area contributed by atoms with Crippen molar-refractivity contribution < 1.29 is 0 Å². The Morgan fingerprint density at radius 3 is 2.93 bits per heavy atom. The van der Waals surface area contributed by atoms with Crippen LogP contribution in [0.15, 0.2) is 5.38 Å². The number of aryl methyl sites for hydroxylation is 2. The predicted octanol–water partition coefficient (Wildman–Crippen LogP) is 1.49. The summed E-state index contributed by atoms with van der Waals surface area (Å²) >= 11 is 1.36. The molecule has 0 saturated heterocycles. The summed E-state index contributed by atoms with van der Waals surface area (Å²) in [7, 11) is 0. The number of aromatic amines is 1. The smallest absolute Gasteiger partial charge is 0.0946 e. The van der Waals surface area contributed by atoms with Gasteiger partial charge in [-0.3, -0.25) is 5.10 Å². The highest BCUT2D eigenvalue weighted by Gasteiger charge is 2.05. The molecule has 2 heterocycles. The molecule has 0 fully saturated rings. The third-order valence-corrected chi connectivity index (χ3v) is 2.53. The van der Waals surface area contributed by atoms with E-state index in [2.05, 4.69) is 25.1 Å². The van der Waals surface area contributed by atoms with Crippen LogP contribution < -0.4 is 5.32 Å². The van der Waals surface area contributed by atoms with Gasteiger partial charge in [-0.1, -0.05) is 4.49 Å². The standard InChI is InChI=1S/C8H11N5S/c1-5-8(6(2)11-10-5)9-3-7-4-14-13-12-7/h4,9H,3H2,1-2H3,(H,10,11). The number of nitrogens with one attached hydrogen (secondary N) is 2. The van der Waals surface area contributed by atoms with Gasteiger partial charge in [0.25, 0.3) is 0 Å². The molecule has 0 bridgehead atoms. The van der Waals surface area contributed by atoms with E-state index in [0.29, 0.717) is 6.54 Å². The molecule has 0 saturated carbocycles. The minimum absolute atomic E-state index is 0.692. The van der Waals surface area contributed by atoms with Gasteiger partial charge in [0.05, 0.1) is 29.3 Å². The first-order valence-corrected chi connectivity index (χ1v) is 5.12. The largest absolute Gasteiger partial charge is 0.376 e. The van der Waals surface area contributed by atoms with Crippen molar-refractivity contribution in [2.24, 2.45) is 0 Å². The summed E-state index contributed by atoms with van der Waals surface area (Å²) in [4.78, 5) is 0. The lowest BCUT2D eigenvalue weighted by molar-refractivity contribution is 0.995. The Morgan fingerprint density at radius 2 is 2.36 bits per heavy atom. The summed E-state index contributed by atoms with van der Waals surface area (Å²) in [5, 5.41) is 16.2. The van der Waals surface area contributed by atoms with E-state index in [4.69, 9.17) is 0 Å². The molecule has 2 aromatic rings. The second-order valence-corrected chi connectivity index (χ2v) is 3.67. The van der Waals surface area contributed by atoms with E-state index in [0.717, 1.165) is 22.8 Å². The van der Waals surface area contributed by atoms with Crippen molar-refractivity contribution >= 4 is 17.2 Å². The number of nitrogens with zero attached hydrogens (tertiary/aromatic N) is 3. The number of H-pyrrole nitrogens is 1. The highest BCUT2D eigenvalue weighted by molar-refractivity contribution is 7.03. The molecule has 0 aliphatic heterocycles. The molecule has 2 N–H and O–H groups in total. The lowest BCUT2D eigenvalue weighted by Gasteiger charge is -2.02. The van der Waals surface area contributed by atoms with Crippen molar-refractivity contribution in [3.63, 3.8) is 0 Å². The molecule has 0 unspecified atom stereocenters. The van der Waals surface area contributed by atoms with Crippen molar-refractivity contribution in [2.45, 2.75) is 20.4 Å². The van der Waals surface area contributed by atoms with Crippen molar-refractivity contribution in [1.82, 2.24) is 19.8 Å². The van der Waals surface area contributed by atoms with Crippen LogP contribution in [0, 0.1) is 13.8 Å². The van der Waals surface area contributed by atoms with Gasteiger partial charge in [0.1, 0.15) is 0 Å². The molecule has 0 atom stereocenters. The fourth-order valence-electron chi connectivity index (χ4n) is 1.25. The van der Waals surface area contributed by atoms with E-state index < -0.39 is 0 Å². The lowest BCUT2D eigenvalue weighted by Crippen LogP contribution is -2.01. The van der Waals surface area contributed by atoms with Gasteiger partial charge in [-0.2, -0.15) is 5.10 Å². The van der Waals surface area contributed by atoms with E-state index >= 15 is 0 Å². The van der Waals surface area contributed by atoms with Crippen molar-refractivity contribution in [3.8, 4) is 0 Å². The molecule has 0 radical (unpaired) electrons. The van der Waals surface area contributed by atoms with Crippen LogP contribution >= 0.6 is 11.5 Å². The molecule has 0 aliphatic carbocycles. The zero-order valence-electron chi connectivity index (χ0n) is 8.03. The molecule has 5 nitrogen and oxygen atoms in total. The molecule has 14 heavy (non-hydrogen) atoms. The summed E-state index contributed by atoms with van der Waals surface area (Å²) in [5.41, 5.74) is 4.03.